The van der Waals surface area contributed by atoms with Crippen LogP contribution in [0, 0.1) is 12.8 Å². The molecule has 0 radical (unpaired) electrons. The molecule has 0 aromatic carbocycles. The van der Waals surface area contributed by atoms with Gasteiger partial charge in [-0.1, -0.05) is 0 Å². The van der Waals surface area contributed by atoms with Gasteiger partial charge in [0.1, 0.15) is 30.6 Å². The summed E-state index contributed by atoms with van der Waals surface area (Å²) >= 11 is 0. The Labute approximate surface area is 241 Å². The number of nitrogens with one attached hydrogen (secondary N) is 1. The third-order valence-electron chi connectivity index (χ3n) is 7.98. The number of nitrogens with zero attached hydrogens (tertiary/aromatic N) is 8. The van der Waals surface area contributed by atoms with Crippen molar-refractivity contribution < 1.29 is 19.1 Å². The predicted molar refractivity (Wildman–Crippen MR) is 150 cm³/mol. The van der Waals surface area contributed by atoms with Gasteiger partial charge in [0.05, 0.1) is 11.4 Å². The fraction of sp³-hybridized carbons (Fsp3) is 0.379. The Hall–Kier alpha value is -4.94. The lowest BCUT2D eigenvalue weighted by atomic mass is 10.1. The molecule has 1 aliphatic heterocycles. The first-order valence-corrected chi connectivity index (χ1v) is 13.9. The number of fused-ring (bicyclic) bond motifs is 1. The lowest BCUT2D eigenvalue weighted by Gasteiger charge is -2.17. The summed E-state index contributed by atoms with van der Waals surface area (Å²) in [5.41, 5.74) is 3.76. The molecule has 7 rings (SSSR count). The lowest BCUT2D eigenvalue weighted by Crippen LogP contribution is -2.30. The summed E-state index contributed by atoms with van der Waals surface area (Å²) in [7, 11) is 1.49. The van der Waals surface area contributed by atoms with Crippen molar-refractivity contribution in [3.8, 4) is 5.88 Å². The van der Waals surface area contributed by atoms with Crippen LogP contribution in [0.1, 0.15) is 66.9 Å². The van der Waals surface area contributed by atoms with Crippen molar-refractivity contribution in [3.63, 3.8) is 0 Å². The number of imidazole rings is 1. The third kappa shape index (κ3) is 4.80. The topological polar surface area (TPSA) is 148 Å². The molecule has 214 valence electrons. The quantitative estimate of drug-likeness (QED) is 0.316. The Bertz CT molecular complexity index is 1750. The van der Waals surface area contributed by atoms with E-state index in [9.17, 15) is 14.4 Å². The monoisotopic (exact) mass is 567 g/mol. The SMILES string of the molecule is Cc1ccnc(C2CC2C(=O)Nc2cc(OC(C)c3cn4cc(C5CC5)cc(N5CC(=O)N(C)C5=O)c4n3)ncn2)n1. The first kappa shape index (κ1) is 26.0. The molecule has 0 spiro atoms. The minimum absolute atomic E-state index is 0.00257. The van der Waals surface area contributed by atoms with Crippen LogP contribution in [0.4, 0.5) is 16.3 Å². The van der Waals surface area contributed by atoms with E-state index in [1.807, 2.05) is 42.8 Å². The molecule has 3 fully saturated rings. The molecular formula is C29H29N9O4. The molecule has 42 heavy (non-hydrogen) atoms. The number of amides is 4. The van der Waals surface area contributed by atoms with Gasteiger partial charge in [-0.25, -0.2) is 29.7 Å². The molecule has 2 aliphatic carbocycles. The zero-order valence-corrected chi connectivity index (χ0v) is 23.4. The Morgan fingerprint density at radius 2 is 1.95 bits per heavy atom. The molecule has 3 unspecified atom stereocenters. The second-order valence-corrected chi connectivity index (χ2v) is 11.1. The standard InChI is InChI=1S/C29H29N9O4/c1-15-6-7-30-26(33-15)19-9-20(19)28(40)35-23-10-24(32-14-31-23)42-16(2)21-12-37-11-18(17-4-5-17)8-22(27(37)34-21)38-13-25(39)36(3)29(38)41/h6-8,10-12,14,16-17,19-20H,4-5,9,13H2,1-3H3,(H,31,32,35,40). The molecule has 0 bridgehead atoms. The maximum atomic E-state index is 12.8. The molecular weight excluding hydrogens is 538 g/mol. The maximum absolute atomic E-state index is 12.8. The van der Waals surface area contributed by atoms with Crippen LogP contribution >= 0.6 is 0 Å². The maximum Gasteiger partial charge on any atom is 0.331 e. The smallest absolute Gasteiger partial charge is 0.331 e. The highest BCUT2D eigenvalue weighted by molar-refractivity contribution is 6.13. The van der Waals surface area contributed by atoms with Gasteiger partial charge in [0.25, 0.3) is 0 Å². The lowest BCUT2D eigenvalue weighted by molar-refractivity contribution is -0.124. The van der Waals surface area contributed by atoms with E-state index in [2.05, 4.69) is 25.3 Å². The number of hydrogen-bond acceptors (Lipinski definition) is 9. The van der Waals surface area contributed by atoms with Crippen LogP contribution in [0.2, 0.25) is 0 Å². The first-order valence-electron chi connectivity index (χ1n) is 13.9. The Morgan fingerprint density at radius 1 is 1.12 bits per heavy atom. The number of pyridine rings is 1. The summed E-state index contributed by atoms with van der Waals surface area (Å²) in [6.45, 7) is 3.72. The molecule has 4 amide bonds. The number of urea groups is 1. The molecule has 3 aliphatic rings. The van der Waals surface area contributed by atoms with Gasteiger partial charge >= 0.3 is 6.03 Å². The highest BCUT2D eigenvalue weighted by Gasteiger charge is 2.46. The average Bonchev–Trinajstić information content (AvgIpc) is 3.90. The highest BCUT2D eigenvalue weighted by atomic mass is 16.5. The Balaban J connectivity index is 1.08. The summed E-state index contributed by atoms with van der Waals surface area (Å²) < 4.78 is 7.99. The predicted octanol–water partition coefficient (Wildman–Crippen LogP) is 3.38. The number of ether oxygens (including phenoxy) is 1. The molecule has 4 aromatic heterocycles. The number of aryl methyl sites for hydroxylation is 1. The van der Waals surface area contributed by atoms with Crippen LogP contribution in [0.25, 0.3) is 5.65 Å². The Kier molecular flexibility index (Phi) is 6.10. The molecule has 1 N–H and O–H groups in total. The number of hydrogen-bond donors (Lipinski definition) is 1. The van der Waals surface area contributed by atoms with E-state index in [1.165, 1.54) is 18.3 Å². The molecule has 13 nitrogen and oxygen atoms in total. The van der Waals surface area contributed by atoms with Gasteiger partial charge in [0.2, 0.25) is 17.7 Å². The summed E-state index contributed by atoms with van der Waals surface area (Å²) in [5, 5.41) is 2.85. The number of anilines is 2. The molecule has 4 aromatic rings. The van der Waals surface area contributed by atoms with Gasteiger partial charge in [-0.15, -0.1) is 0 Å². The number of aromatic nitrogens is 6. The van der Waals surface area contributed by atoms with Crippen molar-refractivity contribution in [1.29, 1.82) is 0 Å². The molecule has 1 saturated heterocycles. The highest BCUT2D eigenvalue weighted by Crippen LogP contribution is 2.46. The van der Waals surface area contributed by atoms with Crippen molar-refractivity contribution in [2.24, 2.45) is 5.92 Å². The van der Waals surface area contributed by atoms with Gasteiger partial charge in [-0.2, -0.15) is 0 Å². The number of rotatable bonds is 8. The largest absolute Gasteiger partial charge is 0.468 e. The number of carbonyl (C=O) groups excluding carboxylic acids is 3. The fourth-order valence-electron chi connectivity index (χ4n) is 5.29. The molecule has 2 saturated carbocycles. The second-order valence-electron chi connectivity index (χ2n) is 11.1. The van der Waals surface area contributed by atoms with Crippen molar-refractivity contribution in [2.75, 3.05) is 23.8 Å². The van der Waals surface area contributed by atoms with Gasteiger partial charge in [-0.05, 0) is 56.7 Å². The van der Waals surface area contributed by atoms with E-state index in [4.69, 9.17) is 9.72 Å². The normalized spacial score (nSPS) is 20.7. The van der Waals surface area contributed by atoms with Crippen LogP contribution in [0.15, 0.2) is 43.1 Å². The van der Waals surface area contributed by atoms with E-state index in [1.54, 1.807) is 12.3 Å². The fourth-order valence-corrected chi connectivity index (χ4v) is 5.29. The van der Waals surface area contributed by atoms with Crippen molar-refractivity contribution in [3.05, 3.63) is 65.9 Å². The van der Waals surface area contributed by atoms with Crippen molar-refractivity contribution >= 4 is 35.0 Å². The summed E-state index contributed by atoms with van der Waals surface area (Å²) in [6.07, 6.45) is 9.29. The minimum atomic E-state index is -0.509. The van der Waals surface area contributed by atoms with Gasteiger partial charge < -0.3 is 14.5 Å². The van der Waals surface area contributed by atoms with Crippen LogP contribution in [0.3, 0.4) is 0 Å². The van der Waals surface area contributed by atoms with E-state index < -0.39 is 6.10 Å². The zero-order valence-electron chi connectivity index (χ0n) is 23.4. The van der Waals surface area contributed by atoms with Gasteiger partial charge in [0.15, 0.2) is 5.65 Å². The second kappa shape index (κ2) is 9.86. The number of imide groups is 1. The third-order valence-corrected chi connectivity index (χ3v) is 7.98. The van der Waals surface area contributed by atoms with E-state index in [0.717, 1.165) is 29.0 Å². The summed E-state index contributed by atoms with van der Waals surface area (Å²) in [6, 6.07) is 5.00. The van der Waals surface area contributed by atoms with E-state index >= 15 is 0 Å². The molecule has 5 heterocycles. The Morgan fingerprint density at radius 3 is 2.69 bits per heavy atom. The van der Waals surface area contributed by atoms with E-state index in [0.29, 0.717) is 41.0 Å². The summed E-state index contributed by atoms with van der Waals surface area (Å²) in [5.74, 6) is 1.11. The van der Waals surface area contributed by atoms with Crippen LogP contribution in [-0.2, 0) is 9.59 Å². The van der Waals surface area contributed by atoms with Gasteiger partial charge in [-0.3, -0.25) is 19.4 Å². The number of carbonyl (C=O) groups is 3. The van der Waals surface area contributed by atoms with Gasteiger partial charge in [0, 0.05) is 49.2 Å². The molecule has 13 heteroatoms. The first-order chi connectivity index (χ1) is 20.2. The van der Waals surface area contributed by atoms with Crippen LogP contribution < -0.4 is 15.0 Å². The molecule has 3 atom stereocenters. The number of likely N-dealkylation sites (N-methyl/N-ethyl adjacent to an activating group) is 1. The summed E-state index contributed by atoms with van der Waals surface area (Å²) in [4.78, 5) is 62.5. The van der Waals surface area contributed by atoms with Crippen molar-refractivity contribution in [2.45, 2.75) is 51.0 Å². The average molecular weight is 568 g/mol. The van der Waals surface area contributed by atoms with E-state index in [-0.39, 0.29) is 42.1 Å². The minimum Gasteiger partial charge on any atom is -0.468 e. The zero-order chi connectivity index (χ0) is 29.1. The van der Waals surface area contributed by atoms with Crippen LogP contribution in [0.5, 0.6) is 5.88 Å². The van der Waals surface area contributed by atoms with Crippen molar-refractivity contribution in [1.82, 2.24) is 34.2 Å². The van der Waals surface area contributed by atoms with Crippen LogP contribution in [-0.4, -0.2) is 65.7 Å².